The average molecular weight is 339 g/mol. The average Bonchev–Trinajstić information content (AvgIpc) is 2.37. The smallest absolute Gasteiger partial charge is 0.0451 e. The summed E-state index contributed by atoms with van der Waals surface area (Å²) >= 11 is 9.75. The summed E-state index contributed by atoms with van der Waals surface area (Å²) in [5.74, 6) is 0. The van der Waals surface area contributed by atoms with Gasteiger partial charge in [-0.2, -0.15) is 0 Å². The molecule has 0 unspecified atom stereocenters. The number of hydrogen-bond acceptors (Lipinski definition) is 1. The van der Waals surface area contributed by atoms with Crippen LogP contribution in [0.1, 0.15) is 19.4 Å². The molecule has 1 N–H and O–H groups in total. The van der Waals surface area contributed by atoms with Crippen LogP contribution in [0.3, 0.4) is 0 Å². The van der Waals surface area contributed by atoms with Gasteiger partial charge in [0, 0.05) is 22.1 Å². The maximum Gasteiger partial charge on any atom is 0.0451 e. The fourth-order valence-electron chi connectivity index (χ4n) is 1.87. The molecule has 0 aliphatic heterocycles. The number of hydrogen-bond donors (Lipinski definition) is 1. The topological polar surface area (TPSA) is 12.0 Å². The minimum Gasteiger partial charge on any atom is -0.310 e. The standard InChI is InChI=1S/C16H17BrClN/c1-11(2)19-10-14-8-13(6-7-16(14)18)12-4-3-5-15(17)9-12/h3-9,11,19H,10H2,1-2H3. The minimum atomic E-state index is 0.450. The Morgan fingerprint density at radius 1 is 1.11 bits per heavy atom. The summed E-state index contributed by atoms with van der Waals surface area (Å²) in [7, 11) is 0. The predicted octanol–water partition coefficient (Wildman–Crippen LogP) is 5.27. The maximum atomic E-state index is 6.25. The summed E-state index contributed by atoms with van der Waals surface area (Å²) in [6.45, 7) is 5.05. The molecule has 2 aromatic rings. The van der Waals surface area contributed by atoms with Gasteiger partial charge in [-0.15, -0.1) is 0 Å². The zero-order valence-corrected chi connectivity index (χ0v) is 13.4. The van der Waals surface area contributed by atoms with Gasteiger partial charge in [-0.05, 0) is 41.0 Å². The highest BCUT2D eigenvalue weighted by molar-refractivity contribution is 9.10. The Balaban J connectivity index is 2.30. The number of halogens is 2. The SMILES string of the molecule is CC(C)NCc1cc(-c2cccc(Br)c2)ccc1Cl. The lowest BCUT2D eigenvalue weighted by atomic mass is 10.0. The van der Waals surface area contributed by atoms with Gasteiger partial charge in [-0.25, -0.2) is 0 Å². The van der Waals surface area contributed by atoms with E-state index in [1.807, 2.05) is 18.2 Å². The van der Waals surface area contributed by atoms with Crippen LogP contribution in [0.15, 0.2) is 46.9 Å². The second-order valence-corrected chi connectivity index (χ2v) is 6.18. The third kappa shape index (κ3) is 4.07. The van der Waals surface area contributed by atoms with E-state index < -0.39 is 0 Å². The first-order valence-electron chi connectivity index (χ1n) is 6.34. The molecule has 0 aliphatic carbocycles. The van der Waals surface area contributed by atoms with Crippen LogP contribution < -0.4 is 5.32 Å². The van der Waals surface area contributed by atoms with E-state index >= 15 is 0 Å². The molecule has 0 saturated heterocycles. The van der Waals surface area contributed by atoms with E-state index in [0.29, 0.717) is 6.04 Å². The molecule has 100 valence electrons. The van der Waals surface area contributed by atoms with E-state index in [0.717, 1.165) is 21.6 Å². The first-order valence-corrected chi connectivity index (χ1v) is 7.51. The van der Waals surface area contributed by atoms with Crippen LogP contribution in [0.5, 0.6) is 0 Å². The van der Waals surface area contributed by atoms with Gasteiger partial charge < -0.3 is 5.32 Å². The molecule has 0 fully saturated rings. The van der Waals surface area contributed by atoms with Crippen LogP contribution in [-0.2, 0) is 6.54 Å². The van der Waals surface area contributed by atoms with E-state index in [9.17, 15) is 0 Å². The summed E-state index contributed by atoms with van der Waals surface area (Å²) in [5.41, 5.74) is 3.51. The highest BCUT2D eigenvalue weighted by Crippen LogP contribution is 2.27. The predicted molar refractivity (Wildman–Crippen MR) is 86.6 cm³/mol. The summed E-state index contributed by atoms with van der Waals surface area (Å²) in [4.78, 5) is 0. The van der Waals surface area contributed by atoms with Crippen LogP contribution in [0.25, 0.3) is 11.1 Å². The molecule has 0 bridgehead atoms. The van der Waals surface area contributed by atoms with Crippen molar-refractivity contribution in [1.82, 2.24) is 5.32 Å². The minimum absolute atomic E-state index is 0.450. The molecule has 19 heavy (non-hydrogen) atoms. The Labute approximate surface area is 128 Å². The number of benzene rings is 2. The third-order valence-corrected chi connectivity index (χ3v) is 3.77. The Morgan fingerprint density at radius 3 is 2.53 bits per heavy atom. The normalized spacial score (nSPS) is 11.0. The molecule has 0 aromatic heterocycles. The lowest BCUT2D eigenvalue weighted by Crippen LogP contribution is -2.21. The van der Waals surface area contributed by atoms with Crippen LogP contribution in [0, 0.1) is 0 Å². The van der Waals surface area contributed by atoms with Crippen LogP contribution in [0.4, 0.5) is 0 Å². The Hall–Kier alpha value is -0.830. The summed E-state index contributed by atoms with van der Waals surface area (Å²) in [5, 5.41) is 4.21. The zero-order chi connectivity index (χ0) is 13.8. The quantitative estimate of drug-likeness (QED) is 0.801. The summed E-state index contributed by atoms with van der Waals surface area (Å²) < 4.78 is 1.09. The van der Waals surface area contributed by atoms with Crippen LogP contribution in [0.2, 0.25) is 5.02 Å². The van der Waals surface area contributed by atoms with Crippen molar-refractivity contribution in [2.75, 3.05) is 0 Å². The van der Waals surface area contributed by atoms with Gasteiger partial charge in [-0.1, -0.05) is 59.6 Å². The molecule has 0 spiro atoms. The molecule has 0 heterocycles. The van der Waals surface area contributed by atoms with Crippen molar-refractivity contribution < 1.29 is 0 Å². The van der Waals surface area contributed by atoms with Crippen molar-refractivity contribution in [3.63, 3.8) is 0 Å². The van der Waals surface area contributed by atoms with Crippen molar-refractivity contribution in [2.45, 2.75) is 26.4 Å². The van der Waals surface area contributed by atoms with E-state index in [4.69, 9.17) is 11.6 Å². The van der Waals surface area contributed by atoms with Crippen molar-refractivity contribution in [3.05, 3.63) is 57.5 Å². The highest BCUT2D eigenvalue weighted by atomic mass is 79.9. The lowest BCUT2D eigenvalue weighted by Gasteiger charge is -2.11. The van der Waals surface area contributed by atoms with E-state index in [1.54, 1.807) is 0 Å². The highest BCUT2D eigenvalue weighted by Gasteiger charge is 2.05. The molecule has 0 radical (unpaired) electrons. The molecule has 2 aromatic carbocycles. The Morgan fingerprint density at radius 2 is 1.84 bits per heavy atom. The van der Waals surface area contributed by atoms with Gasteiger partial charge in [0.2, 0.25) is 0 Å². The second kappa shape index (κ2) is 6.56. The van der Waals surface area contributed by atoms with Crippen molar-refractivity contribution >= 4 is 27.5 Å². The van der Waals surface area contributed by atoms with E-state index in [1.165, 1.54) is 11.1 Å². The fourth-order valence-corrected chi connectivity index (χ4v) is 2.46. The molecular formula is C16H17BrClN. The molecule has 1 nitrogen and oxygen atoms in total. The van der Waals surface area contributed by atoms with Gasteiger partial charge in [-0.3, -0.25) is 0 Å². The monoisotopic (exact) mass is 337 g/mol. The Bertz CT molecular complexity index is 566. The van der Waals surface area contributed by atoms with Crippen LogP contribution in [-0.4, -0.2) is 6.04 Å². The molecule has 0 amide bonds. The third-order valence-electron chi connectivity index (χ3n) is 2.90. The van der Waals surface area contributed by atoms with E-state index in [-0.39, 0.29) is 0 Å². The second-order valence-electron chi connectivity index (χ2n) is 4.85. The molecule has 0 aliphatic rings. The lowest BCUT2D eigenvalue weighted by molar-refractivity contribution is 0.589. The zero-order valence-electron chi connectivity index (χ0n) is 11.1. The summed E-state index contributed by atoms with van der Waals surface area (Å²) in [6, 6.07) is 14.9. The maximum absolute atomic E-state index is 6.25. The van der Waals surface area contributed by atoms with Gasteiger partial charge in [0.15, 0.2) is 0 Å². The molecule has 3 heteroatoms. The fraction of sp³-hybridized carbons (Fsp3) is 0.250. The van der Waals surface area contributed by atoms with Crippen molar-refractivity contribution in [3.8, 4) is 11.1 Å². The summed E-state index contributed by atoms with van der Waals surface area (Å²) in [6.07, 6.45) is 0. The number of nitrogens with one attached hydrogen (secondary N) is 1. The molecule has 0 atom stereocenters. The number of rotatable bonds is 4. The van der Waals surface area contributed by atoms with Gasteiger partial charge >= 0.3 is 0 Å². The largest absolute Gasteiger partial charge is 0.310 e. The van der Waals surface area contributed by atoms with E-state index in [2.05, 4.69) is 59.4 Å². The van der Waals surface area contributed by atoms with Gasteiger partial charge in [0.25, 0.3) is 0 Å². The first-order chi connectivity index (χ1) is 9.06. The van der Waals surface area contributed by atoms with Gasteiger partial charge in [0.05, 0.1) is 0 Å². The molecule has 2 rings (SSSR count). The Kier molecular flexibility index (Phi) is 5.03. The van der Waals surface area contributed by atoms with Crippen molar-refractivity contribution in [1.29, 1.82) is 0 Å². The molecular weight excluding hydrogens is 322 g/mol. The van der Waals surface area contributed by atoms with Crippen LogP contribution >= 0.6 is 27.5 Å². The first kappa shape index (κ1) is 14.6. The van der Waals surface area contributed by atoms with Crippen molar-refractivity contribution in [2.24, 2.45) is 0 Å². The molecule has 0 saturated carbocycles. The van der Waals surface area contributed by atoms with Gasteiger partial charge in [0.1, 0.15) is 0 Å².